The fourth-order valence-corrected chi connectivity index (χ4v) is 5.71. The standard InChI is InChI=1S/C26H28N2O5/c1-16(22(29)30)28-23(31)26(14-25(26)11-6-12-25)15-27-24(32)33-13-21-19-9-4-2-7-17(19)18-8-3-5-10-20(18)21/h2-5,7-10,16,21H,6,11-15H2,1H3,(H,27,32)(H,28,31)(H,29,30). The summed E-state index contributed by atoms with van der Waals surface area (Å²) in [6, 6.07) is 15.3. The molecule has 3 aliphatic rings. The molecule has 2 fully saturated rings. The van der Waals surface area contributed by atoms with Crippen LogP contribution in [0.4, 0.5) is 4.79 Å². The molecule has 0 aliphatic heterocycles. The zero-order chi connectivity index (χ0) is 23.2. The van der Waals surface area contributed by atoms with E-state index >= 15 is 0 Å². The third-order valence-electron chi connectivity index (χ3n) is 7.87. The highest BCUT2D eigenvalue weighted by molar-refractivity contribution is 5.91. The highest BCUT2D eigenvalue weighted by Gasteiger charge is 2.73. The number of benzene rings is 2. The van der Waals surface area contributed by atoms with Gasteiger partial charge in [0.1, 0.15) is 12.6 Å². The predicted molar refractivity (Wildman–Crippen MR) is 122 cm³/mol. The number of ether oxygens (including phenoxy) is 1. The molecule has 172 valence electrons. The van der Waals surface area contributed by atoms with Crippen LogP contribution >= 0.6 is 0 Å². The Bertz CT molecular complexity index is 1080. The van der Waals surface area contributed by atoms with E-state index in [0.29, 0.717) is 6.42 Å². The first-order chi connectivity index (χ1) is 15.9. The molecule has 0 radical (unpaired) electrons. The van der Waals surface area contributed by atoms with E-state index in [0.717, 1.165) is 41.5 Å². The number of carboxylic acid groups (broad SMARTS) is 1. The van der Waals surface area contributed by atoms with Gasteiger partial charge in [0.25, 0.3) is 0 Å². The van der Waals surface area contributed by atoms with Crippen LogP contribution < -0.4 is 10.6 Å². The van der Waals surface area contributed by atoms with Crippen LogP contribution in [0.2, 0.25) is 0 Å². The average Bonchev–Trinajstić information content (AvgIpc) is 3.41. The Balaban J connectivity index is 1.23. The van der Waals surface area contributed by atoms with E-state index in [4.69, 9.17) is 9.84 Å². The van der Waals surface area contributed by atoms with Crippen molar-refractivity contribution in [3.05, 3.63) is 59.7 Å². The molecule has 2 aromatic carbocycles. The van der Waals surface area contributed by atoms with Gasteiger partial charge in [0.15, 0.2) is 0 Å². The molecule has 0 heterocycles. The zero-order valence-corrected chi connectivity index (χ0v) is 18.6. The monoisotopic (exact) mass is 448 g/mol. The van der Waals surface area contributed by atoms with E-state index in [1.807, 2.05) is 24.3 Å². The van der Waals surface area contributed by atoms with Gasteiger partial charge >= 0.3 is 12.1 Å². The lowest BCUT2D eigenvalue weighted by Crippen LogP contribution is -2.49. The number of carbonyl (C=O) groups excluding carboxylic acids is 2. The van der Waals surface area contributed by atoms with Crippen molar-refractivity contribution in [2.75, 3.05) is 13.2 Å². The molecule has 33 heavy (non-hydrogen) atoms. The van der Waals surface area contributed by atoms with Crippen molar-refractivity contribution in [2.45, 2.75) is 44.6 Å². The molecule has 2 unspecified atom stereocenters. The van der Waals surface area contributed by atoms with Crippen LogP contribution in [0, 0.1) is 10.8 Å². The zero-order valence-electron chi connectivity index (χ0n) is 18.6. The smallest absolute Gasteiger partial charge is 0.407 e. The Kier molecular flexibility index (Phi) is 5.15. The average molecular weight is 449 g/mol. The number of nitrogens with one attached hydrogen (secondary N) is 2. The summed E-state index contributed by atoms with van der Waals surface area (Å²) in [5.74, 6) is -1.40. The highest BCUT2D eigenvalue weighted by atomic mass is 16.5. The quantitative estimate of drug-likeness (QED) is 0.599. The van der Waals surface area contributed by atoms with Crippen molar-refractivity contribution < 1.29 is 24.2 Å². The van der Waals surface area contributed by atoms with Gasteiger partial charge in [0.05, 0.1) is 5.41 Å². The Morgan fingerprint density at radius 2 is 1.67 bits per heavy atom. The molecule has 7 heteroatoms. The fourth-order valence-electron chi connectivity index (χ4n) is 5.71. The molecular weight excluding hydrogens is 420 g/mol. The number of aliphatic carboxylic acids is 1. The molecule has 2 saturated carbocycles. The van der Waals surface area contributed by atoms with Crippen molar-refractivity contribution in [1.29, 1.82) is 0 Å². The van der Waals surface area contributed by atoms with Crippen molar-refractivity contribution in [3.63, 3.8) is 0 Å². The molecule has 2 atom stereocenters. The topological polar surface area (TPSA) is 105 Å². The van der Waals surface area contributed by atoms with Crippen molar-refractivity contribution in [1.82, 2.24) is 10.6 Å². The number of alkyl carbamates (subject to hydrolysis) is 1. The van der Waals surface area contributed by atoms with Crippen LogP contribution in [-0.2, 0) is 14.3 Å². The van der Waals surface area contributed by atoms with E-state index in [1.54, 1.807) is 0 Å². The molecule has 5 rings (SSSR count). The van der Waals surface area contributed by atoms with Crippen molar-refractivity contribution in [2.24, 2.45) is 10.8 Å². The molecule has 0 aromatic heterocycles. The van der Waals surface area contributed by atoms with Gasteiger partial charge in [-0.25, -0.2) is 4.79 Å². The van der Waals surface area contributed by atoms with E-state index in [2.05, 4.69) is 34.9 Å². The molecule has 7 nitrogen and oxygen atoms in total. The lowest BCUT2D eigenvalue weighted by Gasteiger charge is -2.32. The Morgan fingerprint density at radius 3 is 2.18 bits per heavy atom. The minimum Gasteiger partial charge on any atom is -0.480 e. The Labute approximate surface area is 192 Å². The SMILES string of the molecule is CC(NC(=O)C1(CNC(=O)OCC2c3ccccc3-c3ccccc32)CC12CCC2)C(=O)O. The summed E-state index contributed by atoms with van der Waals surface area (Å²) in [6.45, 7) is 1.81. The summed E-state index contributed by atoms with van der Waals surface area (Å²) in [7, 11) is 0. The van der Waals surface area contributed by atoms with Crippen LogP contribution in [-0.4, -0.2) is 42.3 Å². The lowest BCUT2D eigenvalue weighted by molar-refractivity contribution is -0.142. The summed E-state index contributed by atoms with van der Waals surface area (Å²) in [5.41, 5.74) is 3.73. The molecule has 3 aliphatic carbocycles. The molecule has 0 bridgehead atoms. The second kappa shape index (κ2) is 7.90. The molecule has 2 amide bonds. The number of rotatable bonds is 7. The van der Waals surface area contributed by atoms with Gasteiger partial charge in [-0.3, -0.25) is 9.59 Å². The highest BCUT2D eigenvalue weighted by Crippen LogP contribution is 2.73. The first-order valence-corrected chi connectivity index (χ1v) is 11.5. The van der Waals surface area contributed by atoms with E-state index in [9.17, 15) is 14.4 Å². The molecule has 0 saturated heterocycles. The molecule has 3 N–H and O–H groups in total. The minimum absolute atomic E-state index is 0.0317. The number of carbonyl (C=O) groups is 3. The normalized spacial score (nSPS) is 22.5. The van der Waals surface area contributed by atoms with Crippen molar-refractivity contribution in [3.8, 4) is 11.1 Å². The minimum atomic E-state index is -1.08. The molecular formula is C26H28N2O5. The van der Waals surface area contributed by atoms with Gasteiger partial charge in [-0.05, 0) is 53.9 Å². The Morgan fingerprint density at radius 1 is 1.06 bits per heavy atom. The largest absolute Gasteiger partial charge is 0.480 e. The fraction of sp³-hybridized carbons (Fsp3) is 0.423. The van der Waals surface area contributed by atoms with Gasteiger partial charge in [-0.1, -0.05) is 55.0 Å². The van der Waals surface area contributed by atoms with Gasteiger partial charge in [0.2, 0.25) is 5.91 Å². The summed E-state index contributed by atoms with van der Waals surface area (Å²) in [6.07, 6.45) is 3.01. The summed E-state index contributed by atoms with van der Waals surface area (Å²) < 4.78 is 5.61. The van der Waals surface area contributed by atoms with E-state index in [-0.39, 0.29) is 30.4 Å². The van der Waals surface area contributed by atoms with Crippen molar-refractivity contribution >= 4 is 18.0 Å². The summed E-state index contributed by atoms with van der Waals surface area (Å²) in [4.78, 5) is 36.7. The van der Waals surface area contributed by atoms with Crippen LogP contribution in [0.1, 0.15) is 49.7 Å². The predicted octanol–water partition coefficient (Wildman–Crippen LogP) is 3.67. The van der Waals surface area contributed by atoms with Crippen LogP contribution in [0.5, 0.6) is 0 Å². The van der Waals surface area contributed by atoms with Gasteiger partial charge in [0, 0.05) is 12.5 Å². The van der Waals surface area contributed by atoms with Crippen LogP contribution in [0.15, 0.2) is 48.5 Å². The van der Waals surface area contributed by atoms with E-state index in [1.165, 1.54) is 6.92 Å². The third kappa shape index (κ3) is 3.46. The number of carboxylic acids is 1. The van der Waals surface area contributed by atoms with Gasteiger partial charge < -0.3 is 20.5 Å². The van der Waals surface area contributed by atoms with Gasteiger partial charge in [-0.15, -0.1) is 0 Å². The van der Waals surface area contributed by atoms with Crippen LogP contribution in [0.3, 0.4) is 0 Å². The number of amides is 2. The Hall–Kier alpha value is -3.35. The number of hydrogen-bond donors (Lipinski definition) is 3. The maximum atomic E-state index is 12.9. The maximum Gasteiger partial charge on any atom is 0.407 e. The van der Waals surface area contributed by atoms with E-state index < -0.39 is 23.5 Å². The third-order valence-corrected chi connectivity index (χ3v) is 7.87. The first kappa shape index (κ1) is 21.5. The maximum absolute atomic E-state index is 12.9. The second-order valence-corrected chi connectivity index (χ2v) is 9.61. The number of hydrogen-bond acceptors (Lipinski definition) is 4. The summed E-state index contributed by atoms with van der Waals surface area (Å²) >= 11 is 0. The summed E-state index contributed by atoms with van der Waals surface area (Å²) in [5, 5.41) is 14.5. The lowest BCUT2D eigenvalue weighted by atomic mass is 9.74. The second-order valence-electron chi connectivity index (χ2n) is 9.61. The van der Waals surface area contributed by atoms with Gasteiger partial charge in [-0.2, -0.15) is 0 Å². The van der Waals surface area contributed by atoms with Crippen LogP contribution in [0.25, 0.3) is 11.1 Å². The number of fused-ring (bicyclic) bond motifs is 3. The molecule has 1 spiro atoms. The molecule has 2 aromatic rings. The first-order valence-electron chi connectivity index (χ1n) is 11.5.